The van der Waals surface area contributed by atoms with E-state index in [-0.39, 0.29) is 17.7 Å². The molecule has 1 saturated heterocycles. The van der Waals surface area contributed by atoms with Crippen molar-refractivity contribution in [1.29, 1.82) is 0 Å². The molecule has 3 aromatic rings. The Morgan fingerprint density at radius 3 is 2.74 bits per heavy atom. The lowest BCUT2D eigenvalue weighted by Crippen LogP contribution is -2.35. The molecule has 1 fully saturated rings. The van der Waals surface area contributed by atoms with Crippen LogP contribution in [0.15, 0.2) is 58.3 Å². The number of nitrogens with zero attached hydrogens (tertiary/aromatic N) is 4. The zero-order valence-electron chi connectivity index (χ0n) is 14.4. The van der Waals surface area contributed by atoms with Gasteiger partial charge in [-0.3, -0.25) is 14.3 Å². The van der Waals surface area contributed by atoms with E-state index in [1.165, 1.54) is 16.7 Å². The average Bonchev–Trinajstić information content (AvgIpc) is 3.42. The van der Waals surface area contributed by atoms with Gasteiger partial charge in [-0.2, -0.15) is 0 Å². The zero-order chi connectivity index (χ0) is 18.6. The molecule has 0 bridgehead atoms. The molecular formula is C18H17N5O3S. The van der Waals surface area contributed by atoms with Crippen molar-refractivity contribution < 1.29 is 14.0 Å². The van der Waals surface area contributed by atoms with Crippen LogP contribution in [0, 0.1) is 0 Å². The van der Waals surface area contributed by atoms with Gasteiger partial charge in [0.2, 0.25) is 11.7 Å². The highest BCUT2D eigenvalue weighted by Gasteiger charge is 2.27. The molecule has 0 spiro atoms. The van der Waals surface area contributed by atoms with Gasteiger partial charge in [-0.15, -0.1) is 10.2 Å². The molecule has 0 unspecified atom stereocenters. The maximum absolute atomic E-state index is 12.3. The Bertz CT molecular complexity index is 939. The third kappa shape index (κ3) is 3.72. The third-order valence-electron chi connectivity index (χ3n) is 4.12. The molecule has 1 aliphatic rings. The molecule has 1 aromatic carbocycles. The van der Waals surface area contributed by atoms with Gasteiger partial charge in [-0.1, -0.05) is 42.1 Å². The SMILES string of the molecule is O=C(CSc1nnc(-c2ccco2)n1Cc1ccccc1)N1CCNC1=O. The molecule has 1 N–H and O–H groups in total. The minimum Gasteiger partial charge on any atom is -0.461 e. The second kappa shape index (κ2) is 7.67. The molecule has 4 rings (SSSR count). The van der Waals surface area contributed by atoms with Crippen LogP contribution in [0.3, 0.4) is 0 Å². The number of nitrogens with one attached hydrogen (secondary N) is 1. The van der Waals surface area contributed by atoms with Crippen LogP contribution < -0.4 is 5.32 Å². The lowest BCUT2D eigenvalue weighted by Gasteiger charge is -2.12. The third-order valence-corrected chi connectivity index (χ3v) is 5.08. The summed E-state index contributed by atoms with van der Waals surface area (Å²) in [7, 11) is 0. The fourth-order valence-corrected chi connectivity index (χ4v) is 3.62. The van der Waals surface area contributed by atoms with E-state index in [0.29, 0.717) is 36.4 Å². The van der Waals surface area contributed by atoms with Crippen LogP contribution in [-0.4, -0.2) is 50.4 Å². The Hall–Kier alpha value is -3.07. The number of rotatable bonds is 6. The molecule has 9 heteroatoms. The molecule has 138 valence electrons. The van der Waals surface area contributed by atoms with Gasteiger partial charge in [0.05, 0.1) is 18.6 Å². The largest absolute Gasteiger partial charge is 0.461 e. The van der Waals surface area contributed by atoms with Crippen LogP contribution in [0.4, 0.5) is 4.79 Å². The van der Waals surface area contributed by atoms with Crippen molar-refractivity contribution in [3.05, 3.63) is 54.3 Å². The molecule has 0 saturated carbocycles. The lowest BCUT2D eigenvalue weighted by atomic mass is 10.2. The molecule has 1 aliphatic heterocycles. The predicted molar refractivity (Wildman–Crippen MR) is 99.1 cm³/mol. The summed E-state index contributed by atoms with van der Waals surface area (Å²) >= 11 is 1.26. The summed E-state index contributed by atoms with van der Waals surface area (Å²) in [6.45, 7) is 1.43. The number of urea groups is 1. The van der Waals surface area contributed by atoms with E-state index in [1.807, 2.05) is 41.0 Å². The van der Waals surface area contributed by atoms with Crippen LogP contribution in [0.5, 0.6) is 0 Å². The van der Waals surface area contributed by atoms with E-state index in [4.69, 9.17) is 4.42 Å². The summed E-state index contributed by atoms with van der Waals surface area (Å²) in [4.78, 5) is 25.2. The second-order valence-electron chi connectivity index (χ2n) is 5.92. The highest BCUT2D eigenvalue weighted by Crippen LogP contribution is 2.25. The van der Waals surface area contributed by atoms with Gasteiger partial charge in [0, 0.05) is 13.1 Å². The van der Waals surface area contributed by atoms with Crippen LogP contribution >= 0.6 is 11.8 Å². The van der Waals surface area contributed by atoms with Crippen molar-refractivity contribution in [1.82, 2.24) is 25.0 Å². The van der Waals surface area contributed by atoms with Gasteiger partial charge in [-0.25, -0.2) is 4.79 Å². The highest BCUT2D eigenvalue weighted by atomic mass is 32.2. The topological polar surface area (TPSA) is 93.3 Å². The van der Waals surface area contributed by atoms with Gasteiger partial charge in [0.1, 0.15) is 0 Å². The monoisotopic (exact) mass is 383 g/mol. The van der Waals surface area contributed by atoms with Crippen molar-refractivity contribution in [3.63, 3.8) is 0 Å². The number of carbonyl (C=O) groups excluding carboxylic acids is 2. The smallest absolute Gasteiger partial charge is 0.324 e. The van der Waals surface area contributed by atoms with E-state index in [2.05, 4.69) is 15.5 Å². The molecule has 0 atom stereocenters. The number of thioether (sulfide) groups is 1. The summed E-state index contributed by atoms with van der Waals surface area (Å²) in [5.41, 5.74) is 1.08. The number of hydrogen-bond donors (Lipinski definition) is 1. The Kier molecular flexibility index (Phi) is 4.93. The fourth-order valence-electron chi connectivity index (χ4n) is 2.81. The van der Waals surface area contributed by atoms with E-state index < -0.39 is 0 Å². The maximum Gasteiger partial charge on any atom is 0.324 e. The lowest BCUT2D eigenvalue weighted by molar-refractivity contribution is -0.124. The minimum absolute atomic E-state index is 0.110. The second-order valence-corrected chi connectivity index (χ2v) is 6.86. The van der Waals surface area contributed by atoms with Crippen LogP contribution in [0.25, 0.3) is 11.6 Å². The van der Waals surface area contributed by atoms with Crippen molar-refractivity contribution in [2.45, 2.75) is 11.7 Å². The summed E-state index contributed by atoms with van der Waals surface area (Å²) < 4.78 is 7.38. The molecule has 0 aliphatic carbocycles. The number of aromatic nitrogens is 3. The van der Waals surface area contributed by atoms with E-state index in [1.54, 1.807) is 12.3 Å². The van der Waals surface area contributed by atoms with Crippen molar-refractivity contribution in [3.8, 4) is 11.6 Å². The van der Waals surface area contributed by atoms with E-state index >= 15 is 0 Å². The number of imide groups is 1. The molecule has 3 heterocycles. The van der Waals surface area contributed by atoms with Crippen molar-refractivity contribution in [2.75, 3.05) is 18.8 Å². The molecule has 0 radical (unpaired) electrons. The number of benzene rings is 1. The Labute approximate surface area is 159 Å². The van der Waals surface area contributed by atoms with Crippen molar-refractivity contribution in [2.24, 2.45) is 0 Å². The van der Waals surface area contributed by atoms with Gasteiger partial charge < -0.3 is 9.73 Å². The summed E-state index contributed by atoms with van der Waals surface area (Å²) in [5.74, 6) is 1.07. The standard InChI is InChI=1S/C18H17N5O3S/c24-15(22-9-8-19-17(22)25)12-27-18-21-20-16(14-7-4-10-26-14)23(18)11-13-5-2-1-3-6-13/h1-7,10H,8-9,11-12H2,(H,19,25). The first-order valence-corrected chi connectivity index (χ1v) is 9.43. The van der Waals surface area contributed by atoms with Crippen LogP contribution in [0.2, 0.25) is 0 Å². The van der Waals surface area contributed by atoms with Crippen LogP contribution in [-0.2, 0) is 11.3 Å². The first kappa shape index (κ1) is 17.3. The average molecular weight is 383 g/mol. The fraction of sp³-hybridized carbons (Fsp3) is 0.222. The number of carbonyl (C=O) groups is 2. The first-order valence-electron chi connectivity index (χ1n) is 8.44. The van der Waals surface area contributed by atoms with Gasteiger partial charge in [-0.05, 0) is 17.7 Å². The summed E-state index contributed by atoms with van der Waals surface area (Å²) in [5, 5.41) is 11.7. The highest BCUT2D eigenvalue weighted by molar-refractivity contribution is 7.99. The summed E-state index contributed by atoms with van der Waals surface area (Å²) in [6, 6.07) is 13.2. The zero-order valence-corrected chi connectivity index (χ0v) is 15.2. The predicted octanol–water partition coefficient (Wildman–Crippen LogP) is 2.23. The van der Waals surface area contributed by atoms with Gasteiger partial charge in [0.15, 0.2) is 10.9 Å². The Morgan fingerprint density at radius 2 is 2.04 bits per heavy atom. The van der Waals surface area contributed by atoms with E-state index in [9.17, 15) is 9.59 Å². The number of amides is 3. The normalized spacial score (nSPS) is 13.8. The van der Waals surface area contributed by atoms with E-state index in [0.717, 1.165) is 5.56 Å². The Balaban J connectivity index is 1.56. The van der Waals surface area contributed by atoms with Crippen molar-refractivity contribution >= 4 is 23.7 Å². The summed E-state index contributed by atoms with van der Waals surface area (Å²) in [6.07, 6.45) is 1.58. The van der Waals surface area contributed by atoms with Crippen LogP contribution in [0.1, 0.15) is 5.56 Å². The number of furan rings is 1. The number of hydrogen-bond acceptors (Lipinski definition) is 6. The quantitative estimate of drug-likeness (QED) is 0.656. The minimum atomic E-state index is -0.345. The molecule has 2 aromatic heterocycles. The molecular weight excluding hydrogens is 366 g/mol. The van der Waals surface area contributed by atoms with Gasteiger partial charge in [0.25, 0.3) is 0 Å². The maximum atomic E-state index is 12.3. The molecule has 3 amide bonds. The first-order chi connectivity index (χ1) is 13.2. The molecule has 8 nitrogen and oxygen atoms in total. The Morgan fingerprint density at radius 1 is 1.19 bits per heavy atom. The molecule has 27 heavy (non-hydrogen) atoms. The van der Waals surface area contributed by atoms with Gasteiger partial charge >= 0.3 is 6.03 Å².